The van der Waals surface area contributed by atoms with Gasteiger partial charge in [-0.1, -0.05) is 12.1 Å². The summed E-state index contributed by atoms with van der Waals surface area (Å²) in [5.74, 6) is 0. The highest BCUT2D eigenvalue weighted by Gasteiger charge is 2.30. The van der Waals surface area contributed by atoms with E-state index in [1.165, 1.54) is 0 Å². The molecule has 2 N–H and O–H groups in total. The number of anilines is 1. The van der Waals surface area contributed by atoms with Gasteiger partial charge in [0.05, 0.1) is 18.8 Å². The molecule has 2 rings (SSSR count). The van der Waals surface area contributed by atoms with Crippen molar-refractivity contribution in [3.63, 3.8) is 0 Å². The minimum absolute atomic E-state index is 0.140. The van der Waals surface area contributed by atoms with Gasteiger partial charge in [-0.3, -0.25) is 0 Å². The summed E-state index contributed by atoms with van der Waals surface area (Å²) < 4.78 is 11.0. The predicted octanol–water partition coefficient (Wildman–Crippen LogP) is 3.59. The molecule has 1 fully saturated rings. The van der Waals surface area contributed by atoms with Gasteiger partial charge in [0.15, 0.2) is 0 Å². The molecular weight excluding hydrogens is 396 g/mol. The van der Waals surface area contributed by atoms with Gasteiger partial charge in [0.2, 0.25) is 0 Å². The van der Waals surface area contributed by atoms with Crippen LogP contribution in [0.4, 0.5) is 15.3 Å². The standard InChI is InChI=1S/C23H38N4O4/c1-16(2)30-15-18-9-8-10-20(17(18)3)25-21(28)27-12-11-26(7)14-19(27)13-24-22(29)31-23(4,5)6/h8-10,16,19H,11-15H2,1-7H3,(H,24,29)(H,25,28)/t19-/m1/s1. The number of rotatable bonds is 6. The maximum Gasteiger partial charge on any atom is 0.407 e. The lowest BCUT2D eigenvalue weighted by atomic mass is 10.1. The molecule has 3 amide bonds. The molecule has 0 bridgehead atoms. The van der Waals surface area contributed by atoms with E-state index >= 15 is 0 Å². The minimum atomic E-state index is -0.563. The van der Waals surface area contributed by atoms with E-state index < -0.39 is 11.7 Å². The van der Waals surface area contributed by atoms with Gasteiger partial charge in [0, 0.05) is 31.9 Å². The Kier molecular flexibility index (Phi) is 8.70. The average Bonchev–Trinajstić information content (AvgIpc) is 2.65. The lowest BCUT2D eigenvalue weighted by Crippen LogP contribution is -2.59. The van der Waals surface area contributed by atoms with Crippen LogP contribution < -0.4 is 10.6 Å². The SMILES string of the molecule is Cc1c(COC(C)C)cccc1NC(=O)N1CCN(C)C[C@H]1CNC(=O)OC(C)(C)C. The van der Waals surface area contributed by atoms with Gasteiger partial charge in [-0.2, -0.15) is 0 Å². The normalized spacial score (nSPS) is 17.5. The molecule has 0 radical (unpaired) electrons. The molecule has 0 unspecified atom stereocenters. The van der Waals surface area contributed by atoms with Crippen LogP contribution in [0.5, 0.6) is 0 Å². The monoisotopic (exact) mass is 434 g/mol. The van der Waals surface area contributed by atoms with Crippen LogP contribution in [0, 0.1) is 6.92 Å². The van der Waals surface area contributed by atoms with Gasteiger partial charge in [0.25, 0.3) is 0 Å². The number of carbonyl (C=O) groups is 2. The summed E-state index contributed by atoms with van der Waals surface area (Å²) in [6.45, 7) is 14.3. The number of nitrogens with zero attached hydrogens (tertiary/aromatic N) is 2. The van der Waals surface area contributed by atoms with Gasteiger partial charge < -0.3 is 29.9 Å². The first-order chi connectivity index (χ1) is 14.5. The van der Waals surface area contributed by atoms with E-state index in [2.05, 4.69) is 15.5 Å². The Morgan fingerprint density at radius 1 is 1.23 bits per heavy atom. The summed E-state index contributed by atoms with van der Waals surface area (Å²) in [5, 5.41) is 5.85. The number of piperazine rings is 1. The number of hydrogen-bond donors (Lipinski definition) is 2. The van der Waals surface area contributed by atoms with Crippen molar-refractivity contribution in [2.24, 2.45) is 0 Å². The zero-order chi connectivity index (χ0) is 23.2. The van der Waals surface area contributed by atoms with Crippen molar-refractivity contribution in [1.82, 2.24) is 15.1 Å². The Labute approximate surface area is 186 Å². The first-order valence-corrected chi connectivity index (χ1v) is 10.9. The summed E-state index contributed by atoms with van der Waals surface area (Å²) in [6.07, 6.45) is -0.337. The van der Waals surface area contributed by atoms with Crippen molar-refractivity contribution in [3.05, 3.63) is 29.3 Å². The van der Waals surface area contributed by atoms with Gasteiger partial charge in [-0.15, -0.1) is 0 Å². The van der Waals surface area contributed by atoms with Gasteiger partial charge in [-0.25, -0.2) is 9.59 Å². The third-order valence-electron chi connectivity index (χ3n) is 5.09. The number of hydrogen-bond acceptors (Lipinski definition) is 5. The topological polar surface area (TPSA) is 83.1 Å². The minimum Gasteiger partial charge on any atom is -0.444 e. The van der Waals surface area contributed by atoms with Gasteiger partial charge in [-0.05, 0) is 65.8 Å². The quantitative estimate of drug-likeness (QED) is 0.715. The van der Waals surface area contributed by atoms with Gasteiger partial charge >= 0.3 is 12.1 Å². The Morgan fingerprint density at radius 2 is 1.94 bits per heavy atom. The molecule has 1 aliphatic rings. The summed E-state index contributed by atoms with van der Waals surface area (Å²) in [6, 6.07) is 5.51. The molecule has 1 aliphatic heterocycles. The molecule has 0 aliphatic carbocycles. The van der Waals surface area contributed by atoms with E-state index in [1.54, 1.807) is 4.90 Å². The third-order valence-corrected chi connectivity index (χ3v) is 5.09. The molecule has 0 saturated carbocycles. The van der Waals surface area contributed by atoms with Crippen molar-refractivity contribution in [2.75, 3.05) is 38.5 Å². The lowest BCUT2D eigenvalue weighted by Gasteiger charge is -2.40. The summed E-state index contributed by atoms with van der Waals surface area (Å²) in [7, 11) is 2.01. The summed E-state index contributed by atoms with van der Waals surface area (Å²) >= 11 is 0. The fraction of sp³-hybridized carbons (Fsp3) is 0.652. The van der Waals surface area contributed by atoms with Crippen molar-refractivity contribution in [2.45, 2.75) is 65.9 Å². The molecule has 1 aromatic carbocycles. The molecule has 0 aromatic heterocycles. The second kappa shape index (κ2) is 10.8. The second-order valence-electron chi connectivity index (χ2n) is 9.37. The first-order valence-electron chi connectivity index (χ1n) is 10.9. The smallest absolute Gasteiger partial charge is 0.407 e. The predicted molar refractivity (Wildman–Crippen MR) is 122 cm³/mol. The van der Waals surface area contributed by atoms with Crippen molar-refractivity contribution in [3.8, 4) is 0 Å². The van der Waals surface area contributed by atoms with E-state index in [1.807, 2.05) is 66.8 Å². The van der Waals surface area contributed by atoms with Crippen LogP contribution in [0.15, 0.2) is 18.2 Å². The molecule has 8 nitrogen and oxygen atoms in total. The van der Waals surface area contributed by atoms with Crippen molar-refractivity contribution in [1.29, 1.82) is 0 Å². The number of carbonyl (C=O) groups excluding carboxylic acids is 2. The van der Waals surface area contributed by atoms with Crippen LogP contribution in [0.1, 0.15) is 45.7 Å². The number of likely N-dealkylation sites (N-methyl/N-ethyl adjacent to an activating group) is 1. The van der Waals surface area contributed by atoms with Crippen molar-refractivity contribution < 1.29 is 19.1 Å². The summed E-state index contributed by atoms with van der Waals surface area (Å²) in [5.41, 5.74) is 2.25. The van der Waals surface area contributed by atoms with Gasteiger partial charge in [0.1, 0.15) is 5.60 Å². The molecule has 174 valence electrons. The third kappa shape index (κ3) is 8.03. The average molecular weight is 435 g/mol. The highest BCUT2D eigenvalue weighted by molar-refractivity contribution is 5.90. The Bertz CT molecular complexity index is 760. The fourth-order valence-corrected chi connectivity index (χ4v) is 3.39. The number of benzene rings is 1. The van der Waals surface area contributed by atoms with Crippen LogP contribution in [-0.2, 0) is 16.1 Å². The molecule has 1 heterocycles. The maximum atomic E-state index is 13.1. The number of amides is 3. The zero-order valence-corrected chi connectivity index (χ0v) is 19.9. The molecule has 1 atom stereocenters. The van der Waals surface area contributed by atoms with E-state index in [4.69, 9.17) is 9.47 Å². The highest BCUT2D eigenvalue weighted by Crippen LogP contribution is 2.21. The second-order valence-corrected chi connectivity index (χ2v) is 9.37. The number of urea groups is 1. The number of ether oxygens (including phenoxy) is 2. The largest absolute Gasteiger partial charge is 0.444 e. The summed E-state index contributed by atoms with van der Waals surface area (Å²) in [4.78, 5) is 29.1. The van der Waals surface area contributed by atoms with Crippen LogP contribution in [0.25, 0.3) is 0 Å². The fourth-order valence-electron chi connectivity index (χ4n) is 3.39. The molecule has 1 aromatic rings. The van der Waals surface area contributed by atoms with Crippen LogP contribution >= 0.6 is 0 Å². The Balaban J connectivity index is 2.04. The molecular formula is C23H38N4O4. The number of alkyl carbamates (subject to hydrolysis) is 1. The lowest BCUT2D eigenvalue weighted by molar-refractivity contribution is 0.0490. The Morgan fingerprint density at radius 3 is 2.58 bits per heavy atom. The van der Waals surface area contributed by atoms with Crippen LogP contribution in [-0.4, -0.2) is 72.9 Å². The van der Waals surface area contributed by atoms with Crippen molar-refractivity contribution >= 4 is 17.8 Å². The number of nitrogens with one attached hydrogen (secondary N) is 2. The van der Waals surface area contributed by atoms with E-state index in [-0.39, 0.29) is 18.2 Å². The first kappa shape index (κ1) is 24.9. The highest BCUT2D eigenvalue weighted by atomic mass is 16.6. The zero-order valence-electron chi connectivity index (χ0n) is 19.9. The van der Waals surface area contributed by atoms with Crippen LogP contribution in [0.3, 0.4) is 0 Å². The molecule has 8 heteroatoms. The molecule has 1 saturated heterocycles. The van der Waals surface area contributed by atoms with E-state index in [9.17, 15) is 9.59 Å². The van der Waals surface area contributed by atoms with Crippen LogP contribution in [0.2, 0.25) is 0 Å². The molecule has 31 heavy (non-hydrogen) atoms. The maximum absolute atomic E-state index is 13.1. The van der Waals surface area contributed by atoms with E-state index in [0.29, 0.717) is 26.2 Å². The molecule has 0 spiro atoms. The Hall–Kier alpha value is -2.32. The van der Waals surface area contributed by atoms with E-state index in [0.717, 1.165) is 23.4 Å².